The van der Waals surface area contributed by atoms with Crippen LogP contribution >= 0.6 is 37.2 Å². The van der Waals surface area contributed by atoms with Crippen molar-refractivity contribution >= 4 is 53.8 Å². The summed E-state index contributed by atoms with van der Waals surface area (Å²) in [5.74, 6) is 8.12. The minimum atomic E-state index is 0. The molecule has 202 valence electrons. The van der Waals surface area contributed by atoms with Gasteiger partial charge < -0.3 is 10.1 Å². The fourth-order valence-electron chi connectivity index (χ4n) is 4.36. The van der Waals surface area contributed by atoms with E-state index in [-0.39, 0.29) is 37.2 Å². The fourth-order valence-corrected chi connectivity index (χ4v) is 4.36. The van der Waals surface area contributed by atoms with Gasteiger partial charge in [-0.05, 0) is 69.3 Å². The van der Waals surface area contributed by atoms with Crippen molar-refractivity contribution in [2.24, 2.45) is 0 Å². The highest BCUT2D eigenvalue weighted by atomic mass is 35.5. The van der Waals surface area contributed by atoms with E-state index in [0.717, 1.165) is 79.0 Å². The number of methoxy groups -OCH3 is 1. The summed E-state index contributed by atoms with van der Waals surface area (Å²) in [6.07, 6.45) is 3.02. The Kier molecular flexibility index (Phi) is 14.0. The van der Waals surface area contributed by atoms with Crippen LogP contribution in [0.3, 0.4) is 0 Å². The van der Waals surface area contributed by atoms with Crippen molar-refractivity contribution in [1.29, 1.82) is 0 Å². The number of fused-ring (bicyclic) bond motifs is 1. The van der Waals surface area contributed by atoms with Crippen LogP contribution in [0.2, 0.25) is 0 Å². The van der Waals surface area contributed by atoms with Crippen LogP contribution in [0, 0.1) is 11.8 Å². The van der Waals surface area contributed by atoms with E-state index in [1.54, 1.807) is 7.11 Å². The number of benzene rings is 2. The number of hydrogen-bond acceptors (Lipinski definition) is 6. The molecule has 1 aromatic heterocycles. The molecule has 1 saturated heterocycles. The quantitative estimate of drug-likeness (QED) is 0.384. The third-order valence-corrected chi connectivity index (χ3v) is 6.31. The normalized spacial score (nSPS) is 13.5. The molecule has 2 aromatic carbocycles. The van der Waals surface area contributed by atoms with Gasteiger partial charge in [-0.3, -0.25) is 9.80 Å². The van der Waals surface area contributed by atoms with E-state index in [1.165, 1.54) is 5.56 Å². The van der Waals surface area contributed by atoms with Crippen molar-refractivity contribution in [3.63, 3.8) is 0 Å². The van der Waals surface area contributed by atoms with Crippen LogP contribution in [0.1, 0.15) is 36.6 Å². The second kappa shape index (κ2) is 15.9. The molecular weight excluding hydrogens is 529 g/mol. The van der Waals surface area contributed by atoms with Crippen LogP contribution in [0.5, 0.6) is 5.75 Å². The lowest BCUT2D eigenvalue weighted by molar-refractivity contribution is 0.211. The highest BCUT2D eigenvalue weighted by Crippen LogP contribution is 2.29. The summed E-state index contributed by atoms with van der Waals surface area (Å²) in [7, 11) is 5.77. The lowest BCUT2D eigenvalue weighted by Gasteiger charge is -2.32. The summed E-state index contributed by atoms with van der Waals surface area (Å²) in [6.45, 7) is 5.99. The predicted molar refractivity (Wildman–Crippen MR) is 161 cm³/mol. The van der Waals surface area contributed by atoms with Crippen molar-refractivity contribution in [3.05, 3.63) is 59.3 Å². The summed E-state index contributed by atoms with van der Waals surface area (Å²) in [5, 5.41) is 14.9. The van der Waals surface area contributed by atoms with Gasteiger partial charge in [-0.2, -0.15) is 5.10 Å². The Hall–Kier alpha value is -2.27. The van der Waals surface area contributed by atoms with Crippen LogP contribution in [0.25, 0.3) is 10.8 Å². The van der Waals surface area contributed by atoms with Crippen LogP contribution in [-0.2, 0) is 13.0 Å². The molecule has 6 nitrogen and oxygen atoms in total. The number of rotatable bonds is 7. The Bertz CT molecular complexity index is 1170. The van der Waals surface area contributed by atoms with Gasteiger partial charge in [0.1, 0.15) is 5.75 Å². The number of aryl methyl sites for hydroxylation is 1. The summed E-state index contributed by atoms with van der Waals surface area (Å²) < 4.78 is 5.46. The first-order valence-corrected chi connectivity index (χ1v) is 12.1. The Morgan fingerprint density at radius 3 is 2.32 bits per heavy atom. The summed E-state index contributed by atoms with van der Waals surface area (Å²) in [4.78, 5) is 4.60. The Morgan fingerprint density at radius 1 is 1.00 bits per heavy atom. The van der Waals surface area contributed by atoms with E-state index in [2.05, 4.69) is 80.5 Å². The van der Waals surface area contributed by atoms with Crippen molar-refractivity contribution in [2.45, 2.75) is 38.8 Å². The minimum Gasteiger partial charge on any atom is -0.497 e. The lowest BCUT2D eigenvalue weighted by Crippen LogP contribution is -2.38. The van der Waals surface area contributed by atoms with E-state index in [9.17, 15) is 0 Å². The number of hydrogen-bond donors (Lipinski definition) is 1. The topological polar surface area (TPSA) is 53.5 Å². The van der Waals surface area contributed by atoms with Gasteiger partial charge in [0, 0.05) is 42.0 Å². The van der Waals surface area contributed by atoms with E-state index >= 15 is 0 Å². The molecule has 37 heavy (non-hydrogen) atoms. The van der Waals surface area contributed by atoms with Gasteiger partial charge in [0.2, 0.25) is 0 Å². The molecule has 3 aromatic rings. The maximum Gasteiger partial charge on any atom is 0.156 e. The molecule has 1 aliphatic rings. The number of nitrogens with zero attached hydrogens (tertiary/aromatic N) is 4. The maximum absolute atomic E-state index is 5.46. The summed E-state index contributed by atoms with van der Waals surface area (Å²) in [6, 6.07) is 15.2. The maximum atomic E-state index is 5.46. The van der Waals surface area contributed by atoms with Crippen molar-refractivity contribution in [1.82, 2.24) is 20.0 Å². The molecule has 4 rings (SSSR count). The Morgan fingerprint density at radius 2 is 1.70 bits per heavy atom. The highest BCUT2D eigenvalue weighted by Gasteiger charge is 2.21. The molecule has 0 atom stereocenters. The van der Waals surface area contributed by atoms with E-state index < -0.39 is 0 Å². The highest BCUT2D eigenvalue weighted by molar-refractivity contribution is 5.94. The van der Waals surface area contributed by atoms with Crippen molar-refractivity contribution in [3.8, 4) is 17.6 Å². The van der Waals surface area contributed by atoms with Crippen molar-refractivity contribution < 1.29 is 4.74 Å². The van der Waals surface area contributed by atoms with Gasteiger partial charge >= 0.3 is 0 Å². The van der Waals surface area contributed by atoms with E-state index in [1.807, 2.05) is 20.2 Å². The van der Waals surface area contributed by atoms with Gasteiger partial charge in [0.25, 0.3) is 0 Å². The van der Waals surface area contributed by atoms with Crippen LogP contribution < -0.4 is 10.1 Å². The van der Waals surface area contributed by atoms with Gasteiger partial charge in [0.05, 0.1) is 19.3 Å². The number of aromatic nitrogens is 2. The molecule has 0 amide bonds. The molecule has 2 heterocycles. The number of ether oxygens (including phenoxy) is 1. The van der Waals surface area contributed by atoms with Gasteiger partial charge in [-0.15, -0.1) is 42.3 Å². The van der Waals surface area contributed by atoms with Crippen LogP contribution in [0.15, 0.2) is 42.5 Å². The number of anilines is 1. The van der Waals surface area contributed by atoms with Crippen LogP contribution in [0.4, 0.5) is 5.82 Å². The van der Waals surface area contributed by atoms with Gasteiger partial charge in [0.15, 0.2) is 5.82 Å². The molecule has 1 aliphatic heterocycles. The molecule has 0 spiro atoms. The smallest absolute Gasteiger partial charge is 0.156 e. The molecular formula is C28H38Cl3N5O. The third-order valence-electron chi connectivity index (χ3n) is 6.31. The molecule has 0 saturated carbocycles. The van der Waals surface area contributed by atoms with Gasteiger partial charge in [-0.25, -0.2) is 0 Å². The first-order chi connectivity index (χ1) is 16.6. The SMILES string of the molecule is CCc1nnc(NC2CCN(Cc3ccc(C#CCN(C)C)cc3)CC2)c2cc(OC)ccc12.Cl.Cl.Cl. The zero-order valence-electron chi connectivity index (χ0n) is 22.0. The lowest BCUT2D eigenvalue weighted by atomic mass is 10.0. The number of piperidine rings is 1. The average Bonchev–Trinajstić information content (AvgIpc) is 2.86. The Labute approximate surface area is 239 Å². The molecule has 0 bridgehead atoms. The van der Waals surface area contributed by atoms with E-state index in [4.69, 9.17) is 4.74 Å². The Balaban J connectivity index is 0.00000228. The monoisotopic (exact) mass is 565 g/mol. The first kappa shape index (κ1) is 32.8. The molecule has 1 fully saturated rings. The third kappa shape index (κ3) is 8.91. The average molecular weight is 567 g/mol. The zero-order chi connectivity index (χ0) is 23.9. The molecule has 9 heteroatoms. The number of likely N-dealkylation sites (tertiary alicyclic amines) is 1. The van der Waals surface area contributed by atoms with Gasteiger partial charge in [-0.1, -0.05) is 30.9 Å². The number of halogens is 3. The standard InChI is InChI=1S/C28H35N5O.3ClH/c1-5-27-25-13-12-24(34-4)19-26(25)28(31-30-27)29-23-14-17-33(18-15-23)20-22-10-8-21(9-11-22)7-6-16-32(2)3;;;/h8-13,19,23H,5,14-18,20H2,1-4H3,(H,29,31);3*1H. The summed E-state index contributed by atoms with van der Waals surface area (Å²) in [5.41, 5.74) is 3.43. The molecule has 0 aliphatic carbocycles. The second-order valence-corrected chi connectivity index (χ2v) is 9.19. The fraction of sp³-hybridized carbons (Fsp3) is 0.429. The zero-order valence-corrected chi connectivity index (χ0v) is 24.4. The van der Waals surface area contributed by atoms with Crippen LogP contribution in [-0.4, -0.2) is 66.9 Å². The van der Waals surface area contributed by atoms with E-state index in [0.29, 0.717) is 6.04 Å². The predicted octanol–water partition coefficient (Wildman–Crippen LogP) is 5.46. The minimum absolute atomic E-state index is 0. The second-order valence-electron chi connectivity index (χ2n) is 9.19. The molecule has 0 radical (unpaired) electrons. The first-order valence-electron chi connectivity index (χ1n) is 12.1. The largest absolute Gasteiger partial charge is 0.497 e. The molecule has 1 N–H and O–H groups in total. The molecule has 0 unspecified atom stereocenters. The summed E-state index contributed by atoms with van der Waals surface area (Å²) >= 11 is 0. The van der Waals surface area contributed by atoms with Crippen molar-refractivity contribution in [2.75, 3.05) is 46.2 Å². The number of nitrogens with one attached hydrogen (secondary N) is 1.